The van der Waals surface area contributed by atoms with Crippen LogP contribution in [0.15, 0.2) is 24.3 Å². The highest BCUT2D eigenvalue weighted by atomic mass is 16.6. The molecule has 0 bridgehead atoms. The molecule has 24 heavy (non-hydrogen) atoms. The van der Waals surface area contributed by atoms with Gasteiger partial charge in [-0.3, -0.25) is 4.90 Å². The van der Waals surface area contributed by atoms with Crippen LogP contribution in [0.5, 0.6) is 11.5 Å². The Morgan fingerprint density at radius 1 is 1.29 bits per heavy atom. The molecule has 0 aliphatic carbocycles. The van der Waals surface area contributed by atoms with Gasteiger partial charge in [-0.1, -0.05) is 12.1 Å². The molecule has 1 unspecified atom stereocenters. The second-order valence-corrected chi connectivity index (χ2v) is 7.00. The smallest absolute Gasteiger partial charge is 0.318 e. The van der Waals surface area contributed by atoms with Crippen LogP contribution < -0.4 is 14.8 Å². The third-order valence-corrected chi connectivity index (χ3v) is 5.16. The van der Waals surface area contributed by atoms with Gasteiger partial charge < -0.3 is 19.7 Å². The van der Waals surface area contributed by atoms with E-state index in [4.69, 9.17) is 9.47 Å². The number of rotatable bonds is 3. The van der Waals surface area contributed by atoms with E-state index in [9.17, 15) is 4.79 Å². The molecule has 130 valence electrons. The number of benzene rings is 1. The van der Waals surface area contributed by atoms with E-state index in [-0.39, 0.29) is 18.2 Å². The molecule has 1 aromatic rings. The summed E-state index contributed by atoms with van der Waals surface area (Å²) >= 11 is 0. The van der Waals surface area contributed by atoms with Gasteiger partial charge in [0.05, 0.1) is 0 Å². The number of carbonyl (C=O) groups is 1. The Morgan fingerprint density at radius 3 is 2.92 bits per heavy atom. The summed E-state index contributed by atoms with van der Waals surface area (Å²) in [6.45, 7) is 6.27. The topological polar surface area (TPSA) is 54.0 Å². The minimum absolute atomic E-state index is 0.0449. The number of hydrogen-bond acceptors (Lipinski definition) is 4. The Hall–Kier alpha value is -1.95. The van der Waals surface area contributed by atoms with Crippen molar-refractivity contribution in [2.75, 3.05) is 32.8 Å². The van der Waals surface area contributed by atoms with Gasteiger partial charge in [-0.2, -0.15) is 0 Å². The van der Waals surface area contributed by atoms with E-state index >= 15 is 0 Å². The number of piperidine rings is 1. The van der Waals surface area contributed by atoms with E-state index in [2.05, 4.69) is 17.1 Å². The molecule has 1 aromatic carbocycles. The molecule has 6 nitrogen and oxygen atoms in total. The summed E-state index contributed by atoms with van der Waals surface area (Å²) in [5.74, 6) is 1.66. The van der Waals surface area contributed by atoms with Crippen LogP contribution in [0.1, 0.15) is 19.8 Å². The molecule has 0 radical (unpaired) electrons. The van der Waals surface area contributed by atoms with E-state index in [0.717, 1.165) is 50.5 Å². The minimum atomic E-state index is 0.0449. The molecule has 2 amide bonds. The number of nitrogens with one attached hydrogen (secondary N) is 1. The van der Waals surface area contributed by atoms with Gasteiger partial charge in [0.1, 0.15) is 12.7 Å². The molecule has 2 saturated heterocycles. The van der Waals surface area contributed by atoms with Crippen LogP contribution >= 0.6 is 0 Å². The van der Waals surface area contributed by atoms with Crippen LogP contribution in [-0.4, -0.2) is 66.8 Å². The van der Waals surface area contributed by atoms with Crippen molar-refractivity contribution in [1.29, 1.82) is 0 Å². The van der Waals surface area contributed by atoms with Gasteiger partial charge in [0.25, 0.3) is 0 Å². The van der Waals surface area contributed by atoms with Crippen LogP contribution in [-0.2, 0) is 0 Å². The van der Waals surface area contributed by atoms with E-state index in [1.807, 2.05) is 29.2 Å². The predicted octanol–water partition coefficient (Wildman–Crippen LogP) is 1.70. The quantitative estimate of drug-likeness (QED) is 0.916. The lowest BCUT2D eigenvalue weighted by atomic mass is 10.0. The number of fused-ring (bicyclic) bond motifs is 1. The zero-order valence-electron chi connectivity index (χ0n) is 14.1. The minimum Gasteiger partial charge on any atom is -0.486 e. The normalized spacial score (nSPS) is 30.3. The molecule has 3 aliphatic rings. The molecule has 3 heterocycles. The second kappa shape index (κ2) is 6.51. The van der Waals surface area contributed by atoms with Gasteiger partial charge in [-0.15, -0.1) is 0 Å². The Balaban J connectivity index is 1.36. The van der Waals surface area contributed by atoms with Crippen molar-refractivity contribution in [3.63, 3.8) is 0 Å². The van der Waals surface area contributed by atoms with Crippen molar-refractivity contribution in [2.45, 2.75) is 38.0 Å². The van der Waals surface area contributed by atoms with Crippen molar-refractivity contribution in [3.8, 4) is 11.5 Å². The lowest BCUT2D eigenvalue weighted by molar-refractivity contribution is 0.0373. The van der Waals surface area contributed by atoms with Crippen molar-refractivity contribution < 1.29 is 14.3 Å². The number of amides is 2. The standard InChI is InChI=1S/C18H25N3O3/c1-13-9-19-18(22)21(13)14-5-4-8-20(10-14)11-15-12-23-16-6-2-3-7-17(16)24-15/h2-3,6-7,13-15H,4-5,8-12H2,1H3,(H,19,22)/t13?,14-,15-/m0/s1. The highest BCUT2D eigenvalue weighted by Crippen LogP contribution is 2.31. The first kappa shape index (κ1) is 15.6. The summed E-state index contributed by atoms with van der Waals surface area (Å²) in [4.78, 5) is 16.5. The van der Waals surface area contributed by atoms with E-state index < -0.39 is 0 Å². The van der Waals surface area contributed by atoms with Gasteiger partial charge >= 0.3 is 6.03 Å². The third kappa shape index (κ3) is 3.02. The number of urea groups is 1. The fourth-order valence-corrected chi connectivity index (χ4v) is 4.02. The summed E-state index contributed by atoms with van der Waals surface area (Å²) in [5.41, 5.74) is 0. The first-order valence-corrected chi connectivity index (χ1v) is 8.87. The summed E-state index contributed by atoms with van der Waals surface area (Å²) < 4.78 is 11.9. The average Bonchev–Trinajstić information content (AvgIpc) is 2.94. The first-order chi connectivity index (χ1) is 11.7. The lowest BCUT2D eigenvalue weighted by Crippen LogP contribution is -2.53. The van der Waals surface area contributed by atoms with Gasteiger partial charge in [-0.05, 0) is 38.4 Å². The number of ether oxygens (including phenoxy) is 2. The maximum atomic E-state index is 12.1. The lowest BCUT2D eigenvalue weighted by Gasteiger charge is -2.40. The molecular formula is C18H25N3O3. The van der Waals surface area contributed by atoms with Crippen LogP contribution in [0.25, 0.3) is 0 Å². The van der Waals surface area contributed by atoms with Crippen molar-refractivity contribution in [1.82, 2.24) is 15.1 Å². The zero-order chi connectivity index (χ0) is 16.5. The van der Waals surface area contributed by atoms with Gasteiger partial charge in [-0.25, -0.2) is 4.79 Å². The molecule has 0 aromatic heterocycles. The fraction of sp³-hybridized carbons (Fsp3) is 0.611. The second-order valence-electron chi connectivity index (χ2n) is 7.00. The van der Waals surface area contributed by atoms with E-state index in [1.165, 1.54) is 0 Å². The highest BCUT2D eigenvalue weighted by Gasteiger charge is 2.36. The molecule has 0 saturated carbocycles. The summed E-state index contributed by atoms with van der Waals surface area (Å²) in [6.07, 6.45) is 2.24. The van der Waals surface area contributed by atoms with Crippen molar-refractivity contribution >= 4 is 6.03 Å². The Kier molecular flexibility index (Phi) is 4.22. The maximum absolute atomic E-state index is 12.1. The molecular weight excluding hydrogens is 306 g/mol. The average molecular weight is 331 g/mol. The first-order valence-electron chi connectivity index (χ1n) is 8.87. The molecule has 0 spiro atoms. The maximum Gasteiger partial charge on any atom is 0.318 e. The number of para-hydroxylation sites is 2. The largest absolute Gasteiger partial charge is 0.486 e. The molecule has 1 N–H and O–H groups in total. The van der Waals surface area contributed by atoms with Gasteiger partial charge in [0.15, 0.2) is 11.5 Å². The van der Waals surface area contributed by atoms with Crippen LogP contribution in [0.4, 0.5) is 4.79 Å². The fourth-order valence-electron chi connectivity index (χ4n) is 4.02. The summed E-state index contributed by atoms with van der Waals surface area (Å²) in [6, 6.07) is 8.48. The third-order valence-electron chi connectivity index (χ3n) is 5.16. The van der Waals surface area contributed by atoms with Crippen molar-refractivity contribution in [3.05, 3.63) is 24.3 Å². The number of carbonyl (C=O) groups excluding carboxylic acids is 1. The Morgan fingerprint density at radius 2 is 2.12 bits per heavy atom. The molecule has 6 heteroatoms. The summed E-state index contributed by atoms with van der Waals surface area (Å²) in [5, 5.41) is 2.95. The molecule has 2 fully saturated rings. The highest BCUT2D eigenvalue weighted by molar-refractivity contribution is 5.77. The van der Waals surface area contributed by atoms with Gasteiger partial charge in [0.2, 0.25) is 0 Å². The number of nitrogens with zero attached hydrogens (tertiary/aromatic N) is 2. The number of likely N-dealkylation sites (tertiary alicyclic amines) is 1. The molecule has 3 atom stereocenters. The SMILES string of the molecule is CC1CNC(=O)N1[C@H]1CCCN(C[C@H]2COc3ccccc3O2)C1. The Bertz CT molecular complexity index is 609. The van der Waals surface area contributed by atoms with Gasteiger partial charge in [0, 0.05) is 31.7 Å². The van der Waals surface area contributed by atoms with Crippen LogP contribution in [0.2, 0.25) is 0 Å². The monoisotopic (exact) mass is 331 g/mol. The summed E-state index contributed by atoms with van der Waals surface area (Å²) in [7, 11) is 0. The molecule has 4 rings (SSSR count). The predicted molar refractivity (Wildman–Crippen MR) is 90.5 cm³/mol. The van der Waals surface area contributed by atoms with Crippen molar-refractivity contribution in [2.24, 2.45) is 0 Å². The Labute approximate surface area is 142 Å². The van der Waals surface area contributed by atoms with Crippen LogP contribution in [0, 0.1) is 0 Å². The zero-order valence-corrected chi connectivity index (χ0v) is 14.1. The van der Waals surface area contributed by atoms with E-state index in [1.54, 1.807) is 0 Å². The van der Waals surface area contributed by atoms with Crippen LogP contribution in [0.3, 0.4) is 0 Å². The number of hydrogen-bond donors (Lipinski definition) is 1. The van der Waals surface area contributed by atoms with E-state index in [0.29, 0.717) is 12.6 Å². The molecule has 3 aliphatic heterocycles.